The number of pyridine rings is 1. The van der Waals surface area contributed by atoms with Gasteiger partial charge >= 0.3 is 5.97 Å². The molecule has 2 heterocycles. The Morgan fingerprint density at radius 2 is 2.06 bits per heavy atom. The Labute approximate surface area is 107 Å². The third-order valence-corrected chi connectivity index (χ3v) is 3.32. The van der Waals surface area contributed by atoms with Gasteiger partial charge in [0, 0.05) is 12.4 Å². The van der Waals surface area contributed by atoms with Crippen LogP contribution < -0.4 is 5.56 Å². The van der Waals surface area contributed by atoms with Crippen molar-refractivity contribution in [3.05, 3.63) is 26.6 Å². The number of carboxylic acids is 1. The first-order valence-electron chi connectivity index (χ1n) is 5.28. The fourth-order valence-electron chi connectivity index (χ4n) is 2.16. The van der Waals surface area contributed by atoms with Crippen LogP contribution in [0.5, 0.6) is 0 Å². The summed E-state index contributed by atoms with van der Waals surface area (Å²) < 4.78 is 2.63. The van der Waals surface area contributed by atoms with Gasteiger partial charge in [0.15, 0.2) is 0 Å². The molecule has 0 amide bonds. The summed E-state index contributed by atoms with van der Waals surface area (Å²) in [5.74, 6) is -1.10. The number of aromatic nitrogens is 3. The monoisotopic (exact) mass is 269 g/mol. The van der Waals surface area contributed by atoms with Crippen LogP contribution in [0.15, 0.2) is 4.79 Å². The quantitative estimate of drug-likeness (QED) is 0.885. The van der Waals surface area contributed by atoms with Crippen LogP contribution in [-0.4, -0.2) is 25.4 Å². The molecule has 0 fully saturated rings. The number of fused-ring (bicyclic) bond motifs is 1. The Morgan fingerprint density at radius 1 is 1.44 bits per heavy atom. The molecule has 0 aliphatic carbocycles. The second-order valence-electron chi connectivity index (χ2n) is 4.13. The van der Waals surface area contributed by atoms with E-state index in [-0.39, 0.29) is 5.02 Å². The third kappa shape index (κ3) is 1.69. The lowest BCUT2D eigenvalue weighted by Crippen LogP contribution is -2.26. The van der Waals surface area contributed by atoms with Gasteiger partial charge in [-0.3, -0.25) is 18.8 Å². The molecule has 0 aliphatic heterocycles. The van der Waals surface area contributed by atoms with Gasteiger partial charge in [0.25, 0.3) is 5.56 Å². The predicted molar refractivity (Wildman–Crippen MR) is 67.1 cm³/mol. The molecule has 0 aromatic carbocycles. The average molecular weight is 270 g/mol. The molecule has 2 aromatic heterocycles. The zero-order valence-corrected chi connectivity index (χ0v) is 10.9. The molecule has 96 valence electrons. The number of carboxylic acid groups (broad SMARTS) is 1. The van der Waals surface area contributed by atoms with Crippen LogP contribution in [0.3, 0.4) is 0 Å². The minimum Gasteiger partial charge on any atom is -0.480 e. The number of hydrogen-bond donors (Lipinski definition) is 1. The van der Waals surface area contributed by atoms with Crippen molar-refractivity contribution >= 4 is 28.6 Å². The Hall–Kier alpha value is -1.82. The first-order valence-corrected chi connectivity index (χ1v) is 5.66. The molecule has 7 heteroatoms. The van der Waals surface area contributed by atoms with Crippen LogP contribution in [0.1, 0.15) is 11.3 Å². The van der Waals surface area contributed by atoms with E-state index in [9.17, 15) is 9.59 Å². The van der Waals surface area contributed by atoms with Crippen molar-refractivity contribution in [1.82, 2.24) is 14.3 Å². The van der Waals surface area contributed by atoms with Crippen molar-refractivity contribution in [2.75, 3.05) is 0 Å². The Balaban J connectivity index is 3.00. The number of halogens is 1. The van der Waals surface area contributed by atoms with E-state index in [4.69, 9.17) is 16.7 Å². The lowest BCUT2D eigenvalue weighted by atomic mass is 10.1. The maximum absolute atomic E-state index is 12.0. The average Bonchev–Trinajstić information content (AvgIpc) is 2.56. The second kappa shape index (κ2) is 4.13. The fraction of sp³-hybridized carbons (Fsp3) is 0.364. The van der Waals surface area contributed by atoms with Gasteiger partial charge in [-0.25, -0.2) is 0 Å². The third-order valence-electron chi connectivity index (χ3n) is 2.88. The summed E-state index contributed by atoms with van der Waals surface area (Å²) in [7, 11) is 1.67. The molecule has 6 nitrogen and oxygen atoms in total. The van der Waals surface area contributed by atoms with E-state index >= 15 is 0 Å². The summed E-state index contributed by atoms with van der Waals surface area (Å²) in [5.41, 5.74) is 1.31. The smallest absolute Gasteiger partial charge is 0.323 e. The van der Waals surface area contributed by atoms with Crippen molar-refractivity contribution in [3.63, 3.8) is 0 Å². The lowest BCUT2D eigenvalue weighted by Gasteiger charge is -2.09. The molecule has 18 heavy (non-hydrogen) atoms. The van der Waals surface area contributed by atoms with E-state index < -0.39 is 18.1 Å². The maximum atomic E-state index is 12.0. The van der Waals surface area contributed by atoms with Gasteiger partial charge in [-0.15, -0.1) is 0 Å². The summed E-state index contributed by atoms with van der Waals surface area (Å²) in [5, 5.41) is 13.8. The van der Waals surface area contributed by atoms with Gasteiger partial charge in [-0.2, -0.15) is 5.10 Å². The summed E-state index contributed by atoms with van der Waals surface area (Å²) >= 11 is 5.96. The molecular weight excluding hydrogens is 258 g/mol. The van der Waals surface area contributed by atoms with Crippen LogP contribution in [0.4, 0.5) is 0 Å². The molecule has 0 spiro atoms. The fourth-order valence-corrected chi connectivity index (χ4v) is 2.36. The largest absolute Gasteiger partial charge is 0.480 e. The number of nitrogens with zero attached hydrogens (tertiary/aromatic N) is 3. The maximum Gasteiger partial charge on any atom is 0.323 e. The number of hydrogen-bond acceptors (Lipinski definition) is 3. The van der Waals surface area contributed by atoms with E-state index in [0.29, 0.717) is 16.9 Å². The molecule has 1 N–H and O–H groups in total. The normalized spacial score (nSPS) is 11.1. The first kappa shape index (κ1) is 12.6. The van der Waals surface area contributed by atoms with Crippen molar-refractivity contribution in [3.8, 4) is 0 Å². The van der Waals surface area contributed by atoms with Gasteiger partial charge in [0.05, 0.1) is 5.69 Å². The van der Waals surface area contributed by atoms with Gasteiger partial charge in [-0.05, 0) is 19.4 Å². The van der Waals surface area contributed by atoms with Crippen LogP contribution in [0, 0.1) is 13.8 Å². The van der Waals surface area contributed by atoms with Crippen molar-refractivity contribution in [1.29, 1.82) is 0 Å². The predicted octanol–water partition coefficient (Wildman–Crippen LogP) is 1.09. The summed E-state index contributed by atoms with van der Waals surface area (Å²) in [6.45, 7) is 3.08. The van der Waals surface area contributed by atoms with Gasteiger partial charge in [0.1, 0.15) is 17.2 Å². The molecule has 2 aromatic rings. The number of aryl methyl sites for hydroxylation is 3. The van der Waals surface area contributed by atoms with Gasteiger partial charge < -0.3 is 5.11 Å². The number of carbonyl (C=O) groups is 1. The van der Waals surface area contributed by atoms with Gasteiger partial charge in [-0.1, -0.05) is 11.6 Å². The highest BCUT2D eigenvalue weighted by atomic mass is 35.5. The van der Waals surface area contributed by atoms with Crippen molar-refractivity contribution < 1.29 is 9.90 Å². The molecule has 0 radical (unpaired) electrons. The Kier molecular flexibility index (Phi) is 2.90. The van der Waals surface area contributed by atoms with E-state index in [2.05, 4.69) is 5.10 Å². The topological polar surface area (TPSA) is 77.1 Å². The minimum atomic E-state index is -1.10. The zero-order chi connectivity index (χ0) is 13.6. The highest BCUT2D eigenvalue weighted by molar-refractivity contribution is 6.32. The molecule has 2 rings (SSSR count). The van der Waals surface area contributed by atoms with E-state index in [1.54, 1.807) is 20.9 Å². The first-order chi connectivity index (χ1) is 8.34. The van der Waals surface area contributed by atoms with Crippen LogP contribution in [-0.2, 0) is 18.4 Å². The molecule has 0 aliphatic rings. The molecule has 0 unspecified atom stereocenters. The molecule has 0 atom stereocenters. The zero-order valence-electron chi connectivity index (χ0n) is 10.2. The van der Waals surface area contributed by atoms with E-state index in [1.807, 2.05) is 0 Å². The Morgan fingerprint density at radius 3 is 2.61 bits per heavy atom. The second-order valence-corrected chi connectivity index (χ2v) is 4.51. The number of rotatable bonds is 2. The highest BCUT2D eigenvalue weighted by Gasteiger charge is 2.19. The molecular formula is C11H12ClN3O3. The molecule has 0 saturated carbocycles. The number of aliphatic carboxylic acids is 1. The minimum absolute atomic E-state index is 0.0415. The van der Waals surface area contributed by atoms with E-state index in [0.717, 1.165) is 9.95 Å². The van der Waals surface area contributed by atoms with Crippen LogP contribution in [0.25, 0.3) is 11.0 Å². The van der Waals surface area contributed by atoms with Crippen molar-refractivity contribution in [2.45, 2.75) is 20.4 Å². The van der Waals surface area contributed by atoms with Crippen molar-refractivity contribution in [2.24, 2.45) is 7.05 Å². The summed E-state index contributed by atoms with van der Waals surface area (Å²) in [6.07, 6.45) is 0. The summed E-state index contributed by atoms with van der Waals surface area (Å²) in [4.78, 5) is 22.9. The van der Waals surface area contributed by atoms with Crippen LogP contribution in [0.2, 0.25) is 5.02 Å². The van der Waals surface area contributed by atoms with Gasteiger partial charge in [0.2, 0.25) is 0 Å². The Bertz CT molecular complexity index is 715. The SMILES string of the molecule is Cc1nn(C)c2c1c(C)c(Cl)c(=O)n2CC(=O)O. The molecule has 0 bridgehead atoms. The van der Waals surface area contributed by atoms with Crippen LogP contribution >= 0.6 is 11.6 Å². The standard InChI is InChI=1S/C11H12ClN3O3/c1-5-8-6(2)13-14(3)10(8)15(4-7(16)17)11(18)9(5)12/h4H2,1-3H3,(H,16,17). The van der Waals surface area contributed by atoms with E-state index in [1.165, 1.54) is 4.68 Å². The lowest BCUT2D eigenvalue weighted by molar-refractivity contribution is -0.137. The summed E-state index contributed by atoms with van der Waals surface area (Å²) in [6, 6.07) is 0. The highest BCUT2D eigenvalue weighted by Crippen LogP contribution is 2.24. The molecule has 0 saturated heterocycles.